The average molecular weight is 297 g/mol. The number of halogens is 1. The second-order valence-electron chi connectivity index (χ2n) is 4.32. The van der Waals surface area contributed by atoms with Crippen LogP contribution in [0.1, 0.15) is 19.8 Å². The summed E-state index contributed by atoms with van der Waals surface area (Å²) < 4.78 is 0.834. The van der Waals surface area contributed by atoms with Gasteiger partial charge in [-0.05, 0) is 35.0 Å². The van der Waals surface area contributed by atoms with Crippen molar-refractivity contribution in [3.8, 4) is 0 Å². The van der Waals surface area contributed by atoms with Gasteiger partial charge in [-0.25, -0.2) is 4.98 Å². The van der Waals surface area contributed by atoms with E-state index in [9.17, 15) is 0 Å². The van der Waals surface area contributed by atoms with E-state index in [0.717, 1.165) is 29.8 Å². The summed E-state index contributed by atoms with van der Waals surface area (Å²) in [6, 6.07) is 6.36. The molecule has 1 saturated heterocycles. The molecule has 0 saturated carbocycles. The highest BCUT2D eigenvalue weighted by atomic mass is 79.9. The predicted molar refractivity (Wildman–Crippen MR) is 74.5 cm³/mol. The van der Waals surface area contributed by atoms with Crippen LogP contribution in [0.25, 0.3) is 0 Å². The zero-order valence-corrected chi connectivity index (χ0v) is 11.7. The van der Waals surface area contributed by atoms with Gasteiger partial charge in [0.05, 0.1) is 0 Å². The lowest BCUT2D eigenvalue weighted by atomic mass is 10.0. The Bertz CT molecular complexity index is 419. The number of piperidine rings is 1. The number of nitrogens with zero attached hydrogens (tertiary/aromatic N) is 3. The molecule has 1 aromatic heterocycles. The third kappa shape index (κ3) is 3.51. The molecule has 1 atom stereocenters. The van der Waals surface area contributed by atoms with Crippen LogP contribution < -0.4 is 10.3 Å². The first-order valence-electron chi connectivity index (χ1n) is 5.81. The number of rotatable bonds is 2. The van der Waals surface area contributed by atoms with Gasteiger partial charge in [0.15, 0.2) is 0 Å². The second kappa shape index (κ2) is 5.60. The Kier molecular flexibility index (Phi) is 4.12. The van der Waals surface area contributed by atoms with Crippen LogP contribution >= 0.6 is 15.9 Å². The molecule has 1 aliphatic heterocycles. The number of aromatic nitrogens is 1. The van der Waals surface area contributed by atoms with Crippen LogP contribution in [-0.2, 0) is 0 Å². The van der Waals surface area contributed by atoms with Gasteiger partial charge in [-0.15, -0.1) is 0 Å². The molecule has 92 valence electrons. The van der Waals surface area contributed by atoms with E-state index in [4.69, 9.17) is 0 Å². The lowest BCUT2D eigenvalue weighted by Gasteiger charge is -2.23. The molecule has 4 nitrogen and oxygen atoms in total. The fraction of sp³-hybridized carbons (Fsp3) is 0.500. The van der Waals surface area contributed by atoms with Gasteiger partial charge in [-0.1, -0.05) is 6.07 Å². The minimum atomic E-state index is 0.520. The summed E-state index contributed by atoms with van der Waals surface area (Å²) in [5.74, 6) is 0.859. The molecule has 2 rings (SSSR count). The van der Waals surface area contributed by atoms with Crippen LogP contribution in [0, 0.1) is 0 Å². The van der Waals surface area contributed by atoms with E-state index in [2.05, 4.69) is 38.3 Å². The van der Waals surface area contributed by atoms with Crippen molar-refractivity contribution in [3.63, 3.8) is 0 Å². The van der Waals surface area contributed by atoms with Gasteiger partial charge in [0.1, 0.15) is 10.4 Å². The Labute approximate surface area is 110 Å². The van der Waals surface area contributed by atoms with Crippen LogP contribution in [0.5, 0.6) is 0 Å². The number of pyridine rings is 1. The molecule has 0 amide bonds. The van der Waals surface area contributed by atoms with E-state index in [1.54, 1.807) is 0 Å². The molecular formula is C12H17BrN4. The van der Waals surface area contributed by atoms with Crippen molar-refractivity contribution in [1.82, 2.24) is 10.3 Å². The molecule has 1 fully saturated rings. The molecule has 0 spiro atoms. The van der Waals surface area contributed by atoms with E-state index in [-0.39, 0.29) is 0 Å². The average Bonchev–Trinajstić information content (AvgIpc) is 2.29. The second-order valence-corrected chi connectivity index (χ2v) is 5.13. The number of nitrogens with one attached hydrogen (secondary N) is 1. The molecular weight excluding hydrogens is 280 g/mol. The first kappa shape index (κ1) is 12.5. The Balaban J connectivity index is 2.09. The van der Waals surface area contributed by atoms with E-state index in [1.165, 1.54) is 5.71 Å². The van der Waals surface area contributed by atoms with Crippen LogP contribution in [-0.4, -0.2) is 30.3 Å². The molecule has 2 heterocycles. The Morgan fingerprint density at radius 2 is 2.35 bits per heavy atom. The number of hydrogen-bond acceptors (Lipinski definition) is 4. The minimum absolute atomic E-state index is 0.520. The maximum Gasteiger partial charge on any atom is 0.149 e. The smallest absolute Gasteiger partial charge is 0.149 e. The van der Waals surface area contributed by atoms with Crippen molar-refractivity contribution >= 4 is 27.5 Å². The van der Waals surface area contributed by atoms with Gasteiger partial charge < -0.3 is 5.32 Å². The first-order valence-corrected chi connectivity index (χ1v) is 6.60. The first-order chi connectivity index (χ1) is 8.15. The zero-order chi connectivity index (χ0) is 12.3. The van der Waals surface area contributed by atoms with Crippen molar-refractivity contribution in [2.24, 2.45) is 5.10 Å². The molecule has 17 heavy (non-hydrogen) atoms. The van der Waals surface area contributed by atoms with Crippen LogP contribution in [0.3, 0.4) is 0 Å². The summed E-state index contributed by atoms with van der Waals surface area (Å²) in [6.07, 6.45) is 2.03. The summed E-state index contributed by atoms with van der Waals surface area (Å²) in [5.41, 5.74) is 1.24. The molecule has 1 N–H and O–H groups in total. The van der Waals surface area contributed by atoms with Gasteiger partial charge >= 0.3 is 0 Å². The monoisotopic (exact) mass is 296 g/mol. The third-order valence-corrected chi connectivity index (χ3v) is 3.21. The fourth-order valence-corrected chi connectivity index (χ4v) is 2.26. The third-order valence-electron chi connectivity index (χ3n) is 2.77. The van der Waals surface area contributed by atoms with Crippen LogP contribution in [0.15, 0.2) is 27.9 Å². The molecule has 0 radical (unpaired) electrons. The molecule has 1 aromatic rings. The highest BCUT2D eigenvalue weighted by Gasteiger charge is 2.14. The fourth-order valence-electron chi connectivity index (χ4n) is 1.92. The summed E-state index contributed by atoms with van der Waals surface area (Å²) in [6.45, 7) is 3.20. The van der Waals surface area contributed by atoms with Crippen molar-refractivity contribution < 1.29 is 0 Å². The summed E-state index contributed by atoms with van der Waals surface area (Å²) in [7, 11) is 1.94. The van der Waals surface area contributed by atoms with Gasteiger partial charge in [0, 0.05) is 38.2 Å². The van der Waals surface area contributed by atoms with Crippen molar-refractivity contribution in [2.45, 2.75) is 25.8 Å². The standard InChI is InChI=1S/C12H17BrN4/c1-9-8-10(6-7-14-9)16-17(2)12-5-3-4-11(13)15-12/h3-5,9,14H,6-8H2,1-2H3. The summed E-state index contributed by atoms with van der Waals surface area (Å²) in [5, 5.41) is 9.88. The predicted octanol–water partition coefficient (Wildman–Crippen LogP) is 2.41. The maximum atomic E-state index is 4.62. The molecule has 5 heteroatoms. The van der Waals surface area contributed by atoms with Gasteiger partial charge in [-0.3, -0.25) is 5.01 Å². The lowest BCUT2D eigenvalue weighted by molar-refractivity contribution is 0.538. The van der Waals surface area contributed by atoms with E-state index < -0.39 is 0 Å². The van der Waals surface area contributed by atoms with E-state index in [1.807, 2.05) is 30.3 Å². The molecule has 0 bridgehead atoms. The van der Waals surface area contributed by atoms with Crippen LogP contribution in [0.2, 0.25) is 0 Å². The van der Waals surface area contributed by atoms with Crippen molar-refractivity contribution in [2.75, 3.05) is 18.6 Å². The Morgan fingerprint density at radius 1 is 1.53 bits per heavy atom. The Morgan fingerprint density at radius 3 is 3.06 bits per heavy atom. The number of hydrogen-bond donors (Lipinski definition) is 1. The summed E-state index contributed by atoms with van der Waals surface area (Å²) >= 11 is 3.37. The molecule has 0 aromatic carbocycles. The van der Waals surface area contributed by atoms with E-state index in [0.29, 0.717) is 6.04 Å². The van der Waals surface area contributed by atoms with Crippen molar-refractivity contribution in [1.29, 1.82) is 0 Å². The van der Waals surface area contributed by atoms with Gasteiger partial charge in [-0.2, -0.15) is 5.10 Å². The topological polar surface area (TPSA) is 40.5 Å². The lowest BCUT2D eigenvalue weighted by Crippen LogP contribution is -2.36. The van der Waals surface area contributed by atoms with E-state index >= 15 is 0 Å². The number of hydrazone groups is 1. The van der Waals surface area contributed by atoms with Crippen LogP contribution in [0.4, 0.5) is 5.82 Å². The molecule has 1 unspecified atom stereocenters. The summed E-state index contributed by atoms with van der Waals surface area (Å²) in [4.78, 5) is 4.38. The van der Waals surface area contributed by atoms with Crippen molar-refractivity contribution in [3.05, 3.63) is 22.8 Å². The quantitative estimate of drug-likeness (QED) is 0.673. The highest BCUT2D eigenvalue weighted by molar-refractivity contribution is 9.10. The maximum absolute atomic E-state index is 4.62. The van der Waals surface area contributed by atoms with Gasteiger partial charge in [0.2, 0.25) is 0 Å². The Hall–Kier alpha value is -0.940. The SMILES string of the molecule is CC1CC(=NN(C)c2cccc(Br)n2)CCN1. The largest absolute Gasteiger partial charge is 0.314 e. The molecule has 0 aliphatic carbocycles. The normalized spacial score (nSPS) is 22.8. The minimum Gasteiger partial charge on any atom is -0.314 e. The number of anilines is 1. The van der Waals surface area contributed by atoms with Gasteiger partial charge in [0.25, 0.3) is 0 Å². The molecule has 1 aliphatic rings. The highest BCUT2D eigenvalue weighted by Crippen LogP contribution is 2.15. The zero-order valence-electron chi connectivity index (χ0n) is 10.2.